The Balaban J connectivity index is 1.73. The van der Waals surface area contributed by atoms with Gasteiger partial charge in [-0.15, -0.1) is 0 Å². The van der Waals surface area contributed by atoms with Crippen molar-refractivity contribution in [3.05, 3.63) is 35.6 Å². The van der Waals surface area contributed by atoms with Crippen molar-refractivity contribution >= 4 is 0 Å². The van der Waals surface area contributed by atoms with E-state index in [2.05, 4.69) is 18.9 Å². The zero-order valence-corrected chi connectivity index (χ0v) is 11.1. The molecule has 0 bridgehead atoms. The van der Waals surface area contributed by atoms with Crippen molar-refractivity contribution in [2.24, 2.45) is 11.8 Å². The number of aliphatic hydroxyl groups excluding tert-OH is 1. The van der Waals surface area contributed by atoms with Crippen LogP contribution in [0.3, 0.4) is 0 Å². The second-order valence-corrected chi connectivity index (χ2v) is 5.59. The van der Waals surface area contributed by atoms with Crippen LogP contribution in [0.2, 0.25) is 0 Å². The van der Waals surface area contributed by atoms with Crippen molar-refractivity contribution in [2.45, 2.75) is 25.9 Å². The van der Waals surface area contributed by atoms with Crippen molar-refractivity contribution in [3.63, 3.8) is 0 Å². The van der Waals surface area contributed by atoms with Gasteiger partial charge in [-0.05, 0) is 49.4 Å². The maximum absolute atomic E-state index is 12.8. The average molecular weight is 251 g/mol. The molecule has 18 heavy (non-hydrogen) atoms. The van der Waals surface area contributed by atoms with E-state index in [0.717, 1.165) is 30.5 Å². The summed E-state index contributed by atoms with van der Waals surface area (Å²) in [6.07, 6.45) is 1.54. The Morgan fingerprint density at radius 2 is 2.00 bits per heavy atom. The highest BCUT2D eigenvalue weighted by atomic mass is 19.1. The number of halogens is 1. The summed E-state index contributed by atoms with van der Waals surface area (Å²) >= 11 is 0. The van der Waals surface area contributed by atoms with Gasteiger partial charge in [0.15, 0.2) is 0 Å². The number of hydrogen-bond acceptors (Lipinski definition) is 2. The third-order valence-electron chi connectivity index (χ3n) is 3.86. The Hall–Kier alpha value is -0.930. The zero-order valence-electron chi connectivity index (χ0n) is 11.1. The molecule has 3 unspecified atom stereocenters. The molecular formula is C15H22FNO. The molecule has 1 aliphatic carbocycles. The first-order valence-corrected chi connectivity index (χ1v) is 6.68. The first-order valence-electron chi connectivity index (χ1n) is 6.68. The predicted octanol–water partition coefficient (Wildman–Crippen LogP) is 2.84. The fraction of sp³-hybridized carbons (Fsp3) is 0.600. The minimum Gasteiger partial charge on any atom is -0.388 e. The van der Waals surface area contributed by atoms with Gasteiger partial charge in [-0.25, -0.2) is 4.39 Å². The van der Waals surface area contributed by atoms with Crippen molar-refractivity contribution < 1.29 is 9.50 Å². The standard InChI is InChI=1S/C15H22FNO/c1-11-9-13(11)10-17(2)8-7-15(18)12-3-5-14(16)6-4-12/h3-6,11,13,15,18H,7-10H2,1-2H3. The van der Waals surface area contributed by atoms with E-state index >= 15 is 0 Å². The molecule has 2 rings (SSSR count). The number of nitrogens with zero attached hydrogens (tertiary/aromatic N) is 1. The molecule has 100 valence electrons. The minimum atomic E-state index is -0.496. The fourth-order valence-corrected chi connectivity index (χ4v) is 2.34. The average Bonchev–Trinajstić information content (AvgIpc) is 3.02. The van der Waals surface area contributed by atoms with Crippen molar-refractivity contribution in [1.82, 2.24) is 4.90 Å². The highest BCUT2D eigenvalue weighted by molar-refractivity contribution is 5.18. The summed E-state index contributed by atoms with van der Waals surface area (Å²) in [6.45, 7) is 4.28. The van der Waals surface area contributed by atoms with Gasteiger partial charge in [0.25, 0.3) is 0 Å². The van der Waals surface area contributed by atoms with Crippen molar-refractivity contribution in [2.75, 3.05) is 20.1 Å². The number of hydrogen-bond donors (Lipinski definition) is 1. The monoisotopic (exact) mass is 251 g/mol. The van der Waals surface area contributed by atoms with Crippen LogP contribution in [0, 0.1) is 17.7 Å². The van der Waals surface area contributed by atoms with Crippen LogP contribution in [0.15, 0.2) is 24.3 Å². The second kappa shape index (κ2) is 5.81. The van der Waals surface area contributed by atoms with Crippen LogP contribution in [0.1, 0.15) is 31.4 Å². The summed E-state index contributed by atoms with van der Waals surface area (Å²) in [5.41, 5.74) is 0.796. The molecule has 0 spiro atoms. The van der Waals surface area contributed by atoms with Gasteiger partial charge in [0, 0.05) is 13.1 Å². The third kappa shape index (κ3) is 3.79. The molecule has 0 heterocycles. The molecule has 0 saturated heterocycles. The summed E-state index contributed by atoms with van der Waals surface area (Å²) in [5.74, 6) is 1.46. The Labute approximate surface area is 108 Å². The molecule has 0 amide bonds. The highest BCUT2D eigenvalue weighted by Crippen LogP contribution is 2.38. The molecule has 0 aromatic heterocycles. The lowest BCUT2D eigenvalue weighted by molar-refractivity contribution is 0.147. The first-order chi connectivity index (χ1) is 8.56. The molecule has 1 aromatic carbocycles. The van der Waals surface area contributed by atoms with Crippen LogP contribution < -0.4 is 0 Å². The molecule has 2 nitrogen and oxygen atoms in total. The van der Waals surface area contributed by atoms with E-state index in [-0.39, 0.29) is 5.82 Å². The quantitative estimate of drug-likeness (QED) is 0.840. The number of aliphatic hydroxyl groups is 1. The normalized spacial score (nSPS) is 24.3. The largest absolute Gasteiger partial charge is 0.388 e. The molecule has 1 N–H and O–H groups in total. The first kappa shape index (κ1) is 13.5. The van der Waals surface area contributed by atoms with Gasteiger partial charge in [-0.2, -0.15) is 0 Å². The van der Waals surface area contributed by atoms with E-state index in [4.69, 9.17) is 0 Å². The van der Waals surface area contributed by atoms with Crippen LogP contribution in [0.5, 0.6) is 0 Å². The zero-order chi connectivity index (χ0) is 13.1. The molecule has 1 aliphatic rings. The maximum Gasteiger partial charge on any atom is 0.123 e. The van der Waals surface area contributed by atoms with E-state index in [9.17, 15) is 9.50 Å². The van der Waals surface area contributed by atoms with Crippen LogP contribution in [0.4, 0.5) is 4.39 Å². The van der Waals surface area contributed by atoms with Gasteiger partial charge < -0.3 is 10.0 Å². The van der Waals surface area contributed by atoms with Gasteiger partial charge in [0.2, 0.25) is 0 Å². The second-order valence-electron chi connectivity index (χ2n) is 5.59. The van der Waals surface area contributed by atoms with Gasteiger partial charge in [0.05, 0.1) is 6.10 Å². The summed E-state index contributed by atoms with van der Waals surface area (Å²) < 4.78 is 12.8. The fourth-order valence-electron chi connectivity index (χ4n) is 2.34. The van der Waals surface area contributed by atoms with E-state index in [1.807, 2.05) is 0 Å². The molecule has 3 atom stereocenters. The van der Waals surface area contributed by atoms with Gasteiger partial charge in [-0.1, -0.05) is 19.1 Å². The van der Waals surface area contributed by atoms with Crippen LogP contribution >= 0.6 is 0 Å². The van der Waals surface area contributed by atoms with Crippen molar-refractivity contribution in [3.8, 4) is 0 Å². The summed E-state index contributed by atoms with van der Waals surface area (Å²) in [4.78, 5) is 2.28. The Bertz CT molecular complexity index is 379. The van der Waals surface area contributed by atoms with E-state index < -0.39 is 6.10 Å². The summed E-state index contributed by atoms with van der Waals surface area (Å²) in [6, 6.07) is 6.11. The van der Waals surface area contributed by atoms with E-state index in [1.54, 1.807) is 12.1 Å². The van der Waals surface area contributed by atoms with Crippen LogP contribution in [-0.2, 0) is 0 Å². The van der Waals surface area contributed by atoms with E-state index in [0.29, 0.717) is 6.42 Å². The molecule has 0 aliphatic heterocycles. The molecular weight excluding hydrogens is 229 g/mol. The molecule has 1 aromatic rings. The maximum atomic E-state index is 12.8. The Kier molecular flexibility index (Phi) is 4.36. The smallest absolute Gasteiger partial charge is 0.123 e. The Morgan fingerprint density at radius 3 is 2.56 bits per heavy atom. The van der Waals surface area contributed by atoms with Gasteiger partial charge in [0.1, 0.15) is 5.82 Å². The lowest BCUT2D eigenvalue weighted by Crippen LogP contribution is -2.24. The minimum absolute atomic E-state index is 0.259. The van der Waals surface area contributed by atoms with Crippen LogP contribution in [0.25, 0.3) is 0 Å². The topological polar surface area (TPSA) is 23.5 Å². The number of rotatable bonds is 6. The molecule has 1 fully saturated rings. The predicted molar refractivity (Wildman–Crippen MR) is 70.7 cm³/mol. The van der Waals surface area contributed by atoms with Crippen molar-refractivity contribution in [1.29, 1.82) is 0 Å². The molecule has 1 saturated carbocycles. The lowest BCUT2D eigenvalue weighted by atomic mass is 10.1. The highest BCUT2D eigenvalue weighted by Gasteiger charge is 2.32. The van der Waals surface area contributed by atoms with Crippen LogP contribution in [-0.4, -0.2) is 30.1 Å². The number of benzene rings is 1. The SMILES string of the molecule is CC1CC1CN(C)CCC(O)c1ccc(F)cc1. The summed E-state index contributed by atoms with van der Waals surface area (Å²) in [5, 5.41) is 10.0. The third-order valence-corrected chi connectivity index (χ3v) is 3.86. The van der Waals surface area contributed by atoms with Gasteiger partial charge >= 0.3 is 0 Å². The molecule has 0 radical (unpaired) electrons. The van der Waals surface area contributed by atoms with Gasteiger partial charge in [-0.3, -0.25) is 0 Å². The Morgan fingerprint density at radius 1 is 1.39 bits per heavy atom. The van der Waals surface area contributed by atoms with E-state index in [1.165, 1.54) is 18.6 Å². The lowest BCUT2D eigenvalue weighted by Gasteiger charge is -2.19. The molecule has 3 heteroatoms. The summed E-state index contributed by atoms with van der Waals surface area (Å²) in [7, 11) is 2.10.